The fourth-order valence-corrected chi connectivity index (χ4v) is 3.93. The van der Waals surface area contributed by atoms with Crippen molar-refractivity contribution in [2.45, 2.75) is 63.8 Å². The largest absolute Gasteiger partial charge is 0.271 e. The van der Waals surface area contributed by atoms with Gasteiger partial charge < -0.3 is 0 Å². The Morgan fingerprint density at radius 1 is 0.947 bits per heavy atom. The summed E-state index contributed by atoms with van der Waals surface area (Å²) >= 11 is 0. The van der Waals surface area contributed by atoms with Crippen molar-refractivity contribution in [2.75, 3.05) is 0 Å². The molecule has 3 rings (SSSR count). The summed E-state index contributed by atoms with van der Waals surface area (Å²) in [7, 11) is 0. The lowest BCUT2D eigenvalue weighted by atomic mass is 9.86. The smallest absolute Gasteiger partial charge is 0.0488 e. The Bertz CT molecular complexity index is 419. The summed E-state index contributed by atoms with van der Waals surface area (Å²) in [5, 5.41) is 0. The van der Waals surface area contributed by atoms with Crippen LogP contribution in [0.2, 0.25) is 0 Å². The molecule has 3 N–H and O–H groups in total. The molecule has 0 heterocycles. The topological polar surface area (TPSA) is 38.0 Å². The zero-order valence-corrected chi connectivity index (χ0v) is 11.8. The third-order valence-corrected chi connectivity index (χ3v) is 5.03. The van der Waals surface area contributed by atoms with Gasteiger partial charge in [-0.2, -0.15) is 0 Å². The molecule has 0 aromatic heterocycles. The summed E-state index contributed by atoms with van der Waals surface area (Å²) in [5.41, 5.74) is 7.64. The van der Waals surface area contributed by atoms with Gasteiger partial charge in [-0.3, -0.25) is 11.3 Å². The molecule has 1 fully saturated rings. The molecule has 2 aliphatic rings. The first-order valence-electron chi connectivity index (χ1n) is 7.96. The maximum absolute atomic E-state index is 5.88. The first-order valence-corrected chi connectivity index (χ1v) is 7.96. The van der Waals surface area contributed by atoms with Crippen molar-refractivity contribution in [3.8, 4) is 0 Å². The van der Waals surface area contributed by atoms with E-state index in [2.05, 4.69) is 23.6 Å². The van der Waals surface area contributed by atoms with E-state index in [4.69, 9.17) is 5.84 Å². The van der Waals surface area contributed by atoms with Crippen LogP contribution in [0.4, 0.5) is 0 Å². The van der Waals surface area contributed by atoms with E-state index in [1.165, 1.54) is 63.4 Å². The number of aryl methyl sites for hydroxylation is 2. The molecule has 2 aliphatic carbocycles. The van der Waals surface area contributed by atoms with E-state index >= 15 is 0 Å². The number of benzene rings is 1. The van der Waals surface area contributed by atoms with Crippen molar-refractivity contribution in [2.24, 2.45) is 11.8 Å². The summed E-state index contributed by atoms with van der Waals surface area (Å²) < 4.78 is 0. The van der Waals surface area contributed by atoms with Gasteiger partial charge in [0.25, 0.3) is 0 Å². The van der Waals surface area contributed by atoms with Crippen LogP contribution in [0.25, 0.3) is 0 Å². The average Bonchev–Trinajstić information content (AvgIpc) is 2.74. The van der Waals surface area contributed by atoms with Gasteiger partial charge in [-0.25, -0.2) is 0 Å². The lowest BCUT2D eigenvalue weighted by molar-refractivity contribution is 0.329. The van der Waals surface area contributed by atoms with Crippen LogP contribution in [0.3, 0.4) is 0 Å². The summed E-state index contributed by atoms with van der Waals surface area (Å²) in [5.74, 6) is 6.60. The van der Waals surface area contributed by atoms with Gasteiger partial charge in [0.15, 0.2) is 0 Å². The summed E-state index contributed by atoms with van der Waals surface area (Å²) in [4.78, 5) is 0. The Labute approximate surface area is 116 Å². The zero-order valence-electron chi connectivity index (χ0n) is 11.8. The van der Waals surface area contributed by atoms with Crippen molar-refractivity contribution in [3.05, 3.63) is 34.9 Å². The fourth-order valence-electron chi connectivity index (χ4n) is 3.93. The van der Waals surface area contributed by atoms with Gasteiger partial charge in [0.2, 0.25) is 0 Å². The maximum atomic E-state index is 5.88. The molecule has 2 nitrogen and oxygen atoms in total. The highest BCUT2D eigenvalue weighted by Crippen LogP contribution is 2.34. The third kappa shape index (κ3) is 2.85. The standard InChI is InChI=1S/C17H26N2/c18-19-17(14-6-3-1-2-4-7-14)16-11-10-13-8-5-9-15(13)12-16/h10-12,14,17,19H,1-9,18H2. The Kier molecular flexibility index (Phi) is 4.19. The van der Waals surface area contributed by atoms with E-state index < -0.39 is 0 Å². The molecule has 0 radical (unpaired) electrons. The molecule has 19 heavy (non-hydrogen) atoms. The molecular weight excluding hydrogens is 232 g/mol. The minimum atomic E-state index is 0.351. The SMILES string of the molecule is NNC(c1ccc2c(c1)CCC2)C1CCCCCC1. The first kappa shape index (κ1) is 13.1. The Morgan fingerprint density at radius 2 is 1.68 bits per heavy atom. The number of nitrogens with one attached hydrogen (secondary N) is 1. The fraction of sp³-hybridized carbons (Fsp3) is 0.647. The van der Waals surface area contributed by atoms with Gasteiger partial charge in [0, 0.05) is 6.04 Å². The van der Waals surface area contributed by atoms with Crippen molar-refractivity contribution in [1.82, 2.24) is 5.43 Å². The molecule has 0 saturated heterocycles. The predicted molar refractivity (Wildman–Crippen MR) is 79.7 cm³/mol. The van der Waals surface area contributed by atoms with E-state index in [9.17, 15) is 0 Å². The van der Waals surface area contributed by atoms with E-state index in [0.717, 1.165) is 0 Å². The Hall–Kier alpha value is -0.860. The highest BCUT2D eigenvalue weighted by atomic mass is 15.2. The molecule has 1 atom stereocenters. The number of fused-ring (bicyclic) bond motifs is 1. The minimum absolute atomic E-state index is 0.351. The molecule has 1 saturated carbocycles. The Balaban J connectivity index is 1.80. The summed E-state index contributed by atoms with van der Waals surface area (Å²) in [6, 6.07) is 7.40. The molecule has 0 amide bonds. The quantitative estimate of drug-likeness (QED) is 0.493. The molecule has 104 valence electrons. The molecule has 1 unspecified atom stereocenters. The normalized spacial score (nSPS) is 21.9. The molecule has 0 aliphatic heterocycles. The van der Waals surface area contributed by atoms with Crippen LogP contribution in [-0.2, 0) is 12.8 Å². The second-order valence-corrected chi connectivity index (χ2v) is 6.28. The number of hydrazine groups is 1. The van der Waals surface area contributed by atoms with Gasteiger partial charge in [-0.1, -0.05) is 43.9 Å². The second kappa shape index (κ2) is 6.06. The average molecular weight is 258 g/mol. The van der Waals surface area contributed by atoms with E-state index in [0.29, 0.717) is 12.0 Å². The molecule has 0 bridgehead atoms. The first-order chi connectivity index (χ1) is 9.38. The summed E-state index contributed by atoms with van der Waals surface area (Å²) in [6.07, 6.45) is 12.0. The molecule has 1 aromatic carbocycles. The van der Waals surface area contributed by atoms with Crippen LogP contribution in [0.5, 0.6) is 0 Å². The molecule has 1 aromatic rings. The van der Waals surface area contributed by atoms with Crippen molar-refractivity contribution in [1.29, 1.82) is 0 Å². The van der Waals surface area contributed by atoms with Crippen molar-refractivity contribution >= 4 is 0 Å². The van der Waals surface area contributed by atoms with Gasteiger partial charge in [-0.05, 0) is 54.7 Å². The highest BCUT2D eigenvalue weighted by molar-refractivity contribution is 5.36. The molecule has 0 spiro atoms. The number of rotatable bonds is 3. The van der Waals surface area contributed by atoms with Gasteiger partial charge in [0.05, 0.1) is 0 Å². The molecular formula is C17H26N2. The van der Waals surface area contributed by atoms with Crippen LogP contribution >= 0.6 is 0 Å². The van der Waals surface area contributed by atoms with Crippen LogP contribution in [0, 0.1) is 5.92 Å². The Morgan fingerprint density at radius 3 is 2.42 bits per heavy atom. The van der Waals surface area contributed by atoms with E-state index in [-0.39, 0.29) is 0 Å². The lowest BCUT2D eigenvalue weighted by Gasteiger charge is -2.26. The van der Waals surface area contributed by atoms with E-state index in [1.807, 2.05) is 0 Å². The highest BCUT2D eigenvalue weighted by Gasteiger charge is 2.24. The lowest BCUT2D eigenvalue weighted by Crippen LogP contribution is -2.33. The molecule has 2 heteroatoms. The monoisotopic (exact) mass is 258 g/mol. The van der Waals surface area contributed by atoms with Crippen molar-refractivity contribution < 1.29 is 0 Å². The van der Waals surface area contributed by atoms with Crippen LogP contribution < -0.4 is 11.3 Å². The number of hydrogen-bond donors (Lipinski definition) is 2. The zero-order chi connectivity index (χ0) is 13.1. The van der Waals surface area contributed by atoms with Gasteiger partial charge in [0.1, 0.15) is 0 Å². The van der Waals surface area contributed by atoms with Crippen LogP contribution in [0.15, 0.2) is 18.2 Å². The second-order valence-electron chi connectivity index (χ2n) is 6.28. The predicted octanol–water partition coefficient (Wildman–Crippen LogP) is 3.65. The van der Waals surface area contributed by atoms with Crippen LogP contribution in [0.1, 0.15) is 67.7 Å². The van der Waals surface area contributed by atoms with Crippen molar-refractivity contribution in [3.63, 3.8) is 0 Å². The summed E-state index contributed by atoms with van der Waals surface area (Å²) in [6.45, 7) is 0. The van der Waals surface area contributed by atoms with E-state index in [1.54, 1.807) is 11.1 Å². The number of nitrogens with two attached hydrogens (primary N) is 1. The minimum Gasteiger partial charge on any atom is -0.271 e. The van der Waals surface area contributed by atoms with Gasteiger partial charge >= 0.3 is 0 Å². The van der Waals surface area contributed by atoms with Crippen LogP contribution in [-0.4, -0.2) is 0 Å². The third-order valence-electron chi connectivity index (χ3n) is 5.03. The van der Waals surface area contributed by atoms with Gasteiger partial charge in [-0.15, -0.1) is 0 Å². The number of hydrogen-bond acceptors (Lipinski definition) is 2. The maximum Gasteiger partial charge on any atom is 0.0488 e.